The maximum atomic E-state index is 13.8. The van der Waals surface area contributed by atoms with E-state index in [9.17, 15) is 19.2 Å². The van der Waals surface area contributed by atoms with Crippen LogP contribution in [0.1, 0.15) is 64.2 Å². The molecule has 4 atom stereocenters. The van der Waals surface area contributed by atoms with Crippen LogP contribution in [0.3, 0.4) is 0 Å². The van der Waals surface area contributed by atoms with Gasteiger partial charge in [0.15, 0.2) is 5.78 Å². The lowest BCUT2D eigenvalue weighted by molar-refractivity contribution is -0.138. The van der Waals surface area contributed by atoms with Crippen molar-refractivity contribution in [2.24, 2.45) is 17.1 Å². The summed E-state index contributed by atoms with van der Waals surface area (Å²) in [5, 5.41) is 2.96. The van der Waals surface area contributed by atoms with Gasteiger partial charge in [-0.25, -0.2) is 0 Å². The zero-order valence-electron chi connectivity index (χ0n) is 25.6. The Hall–Kier alpha value is -2.98. The van der Waals surface area contributed by atoms with Gasteiger partial charge in [-0.1, -0.05) is 34.6 Å². The van der Waals surface area contributed by atoms with Gasteiger partial charge >= 0.3 is 0 Å². The highest BCUT2D eigenvalue weighted by atomic mass is 16.2. The quantitative estimate of drug-likeness (QED) is 0.490. The fourth-order valence-corrected chi connectivity index (χ4v) is 6.34. The van der Waals surface area contributed by atoms with Crippen LogP contribution >= 0.6 is 0 Å². The van der Waals surface area contributed by atoms with Gasteiger partial charge in [0.25, 0.3) is 5.91 Å². The summed E-state index contributed by atoms with van der Waals surface area (Å²) in [5.74, 6) is -0.814. The van der Waals surface area contributed by atoms with Crippen molar-refractivity contribution in [3.8, 4) is 0 Å². The van der Waals surface area contributed by atoms with E-state index < -0.39 is 18.1 Å². The van der Waals surface area contributed by atoms with Crippen molar-refractivity contribution in [2.75, 3.05) is 51.2 Å². The van der Waals surface area contributed by atoms with E-state index in [0.717, 1.165) is 31.9 Å². The van der Waals surface area contributed by atoms with Gasteiger partial charge in [0.2, 0.25) is 11.8 Å². The Balaban J connectivity index is 1.43. The first-order chi connectivity index (χ1) is 19.2. The molecule has 3 heterocycles. The first-order valence-corrected chi connectivity index (χ1v) is 15.0. The maximum Gasteiger partial charge on any atom is 0.251 e. The number of nitrogens with zero attached hydrogens (tertiary/aromatic N) is 4. The highest BCUT2D eigenvalue weighted by Crippen LogP contribution is 2.32. The van der Waals surface area contributed by atoms with E-state index in [-0.39, 0.29) is 47.4 Å². The van der Waals surface area contributed by atoms with Crippen molar-refractivity contribution in [3.63, 3.8) is 0 Å². The number of piperazine rings is 1. The molecule has 1 aromatic carbocycles. The second-order valence-electron chi connectivity index (χ2n) is 13.6. The predicted octanol–water partition coefficient (Wildman–Crippen LogP) is 1.73. The molecule has 0 spiro atoms. The summed E-state index contributed by atoms with van der Waals surface area (Å²) in [6.07, 6.45) is 1.48. The fourth-order valence-electron chi connectivity index (χ4n) is 6.34. The second-order valence-corrected chi connectivity index (χ2v) is 13.6. The van der Waals surface area contributed by atoms with Gasteiger partial charge in [0.05, 0.1) is 18.6 Å². The number of hydrogen-bond donors (Lipinski definition) is 2. The van der Waals surface area contributed by atoms with E-state index in [2.05, 4.69) is 22.2 Å². The second kappa shape index (κ2) is 12.5. The summed E-state index contributed by atoms with van der Waals surface area (Å²) >= 11 is 0. The van der Waals surface area contributed by atoms with Crippen molar-refractivity contribution in [1.29, 1.82) is 0 Å². The molecule has 0 saturated carbocycles. The van der Waals surface area contributed by atoms with E-state index in [4.69, 9.17) is 5.73 Å². The number of fused-ring (bicyclic) bond motifs is 1. The first-order valence-electron chi connectivity index (χ1n) is 15.0. The molecule has 4 unspecified atom stereocenters. The molecule has 41 heavy (non-hydrogen) atoms. The average molecular weight is 569 g/mol. The molecule has 3 N–H and O–H groups in total. The molecular weight excluding hydrogens is 520 g/mol. The molecule has 0 aromatic heterocycles. The summed E-state index contributed by atoms with van der Waals surface area (Å²) in [5.41, 5.74) is 7.69. The average Bonchev–Trinajstić information content (AvgIpc) is 3.48. The minimum absolute atomic E-state index is 0.0311. The van der Waals surface area contributed by atoms with Crippen molar-refractivity contribution in [2.45, 2.75) is 78.0 Å². The van der Waals surface area contributed by atoms with Crippen LogP contribution in [0.15, 0.2) is 24.3 Å². The van der Waals surface area contributed by atoms with Crippen LogP contribution < -0.4 is 16.0 Å². The fraction of sp³-hybridized carbons (Fsp3) is 0.677. The van der Waals surface area contributed by atoms with Gasteiger partial charge in [-0.15, -0.1) is 0 Å². The van der Waals surface area contributed by atoms with Gasteiger partial charge in [-0.2, -0.15) is 0 Å². The van der Waals surface area contributed by atoms with Gasteiger partial charge < -0.3 is 30.7 Å². The van der Waals surface area contributed by atoms with Crippen LogP contribution in [0.4, 0.5) is 5.69 Å². The van der Waals surface area contributed by atoms with Gasteiger partial charge in [-0.05, 0) is 61.9 Å². The lowest BCUT2D eigenvalue weighted by Gasteiger charge is -2.34. The van der Waals surface area contributed by atoms with Crippen LogP contribution in [0.5, 0.6) is 0 Å². The predicted molar refractivity (Wildman–Crippen MR) is 160 cm³/mol. The molecule has 3 amide bonds. The minimum atomic E-state index is -0.765. The number of nitrogens with two attached hydrogens (primary N) is 1. The third-order valence-corrected chi connectivity index (χ3v) is 8.45. The molecule has 10 nitrogen and oxygen atoms in total. The Morgan fingerprint density at radius 3 is 2.20 bits per heavy atom. The van der Waals surface area contributed by atoms with Gasteiger partial charge in [0.1, 0.15) is 12.1 Å². The number of hydrogen-bond acceptors (Lipinski definition) is 7. The van der Waals surface area contributed by atoms with Gasteiger partial charge in [0, 0.05) is 44.0 Å². The Morgan fingerprint density at radius 2 is 1.61 bits per heavy atom. The topological polar surface area (TPSA) is 119 Å². The van der Waals surface area contributed by atoms with E-state index in [1.807, 2.05) is 46.8 Å². The molecule has 3 aliphatic heterocycles. The van der Waals surface area contributed by atoms with Crippen molar-refractivity contribution >= 4 is 29.2 Å². The summed E-state index contributed by atoms with van der Waals surface area (Å²) < 4.78 is 0. The van der Waals surface area contributed by atoms with E-state index in [0.29, 0.717) is 31.4 Å². The van der Waals surface area contributed by atoms with Crippen LogP contribution in [0, 0.1) is 11.3 Å². The molecule has 4 rings (SSSR count). The minimum Gasteiger partial charge on any atom is -0.369 e. The standard InChI is InChI=1S/C31H48N6O4/c1-20(2)17-24(33-28(39)21-7-9-22(10-8-21)35-15-13-34(6)14-16-35)30(41)36-12-11-25-27(36)26(38)19-37(25)29(40)23(32)18-31(3,4)5/h7-10,20,23-25,27H,11-19,32H2,1-6H3,(H,33,39). The third kappa shape index (κ3) is 7.27. The molecule has 0 radical (unpaired) electrons. The zero-order chi connectivity index (χ0) is 30.1. The molecule has 0 aliphatic carbocycles. The van der Waals surface area contributed by atoms with Crippen molar-refractivity contribution in [3.05, 3.63) is 29.8 Å². The number of anilines is 1. The monoisotopic (exact) mass is 568 g/mol. The molecule has 1 aromatic rings. The molecule has 0 bridgehead atoms. The molecule has 10 heteroatoms. The molecular formula is C31H48N6O4. The van der Waals surface area contributed by atoms with Crippen LogP contribution in [0.25, 0.3) is 0 Å². The summed E-state index contributed by atoms with van der Waals surface area (Å²) in [7, 11) is 2.11. The number of ketones is 1. The SMILES string of the molecule is CC(C)CC(NC(=O)c1ccc(N2CCN(C)CC2)cc1)C(=O)N1CCC2C1C(=O)CN2C(=O)C(N)CC(C)(C)C. The number of benzene rings is 1. The molecule has 226 valence electrons. The van der Waals surface area contributed by atoms with E-state index in [1.54, 1.807) is 21.9 Å². The number of likely N-dealkylation sites (N-methyl/N-ethyl adjacent to an activating group) is 1. The lowest BCUT2D eigenvalue weighted by Crippen LogP contribution is -2.53. The van der Waals surface area contributed by atoms with Crippen molar-refractivity contribution in [1.82, 2.24) is 20.0 Å². The summed E-state index contributed by atoms with van der Waals surface area (Å²) in [4.78, 5) is 61.2. The Bertz CT molecular complexity index is 1120. The first kappa shape index (κ1) is 31.0. The van der Waals surface area contributed by atoms with Crippen LogP contribution in [0.2, 0.25) is 0 Å². The van der Waals surface area contributed by atoms with E-state index >= 15 is 0 Å². The maximum absolute atomic E-state index is 13.8. The number of Topliss-reactive ketones (excluding diaryl/α,β-unsaturated/α-hetero) is 1. The summed E-state index contributed by atoms with van der Waals surface area (Å²) in [6, 6.07) is 4.99. The number of rotatable bonds is 8. The van der Waals surface area contributed by atoms with Crippen LogP contribution in [-0.2, 0) is 14.4 Å². The highest BCUT2D eigenvalue weighted by Gasteiger charge is 2.52. The van der Waals surface area contributed by atoms with Crippen molar-refractivity contribution < 1.29 is 19.2 Å². The molecule has 3 fully saturated rings. The number of carbonyl (C=O) groups is 4. The molecule has 3 aliphatic rings. The lowest BCUT2D eigenvalue weighted by atomic mass is 9.88. The number of likely N-dealkylation sites (tertiary alicyclic amines) is 2. The zero-order valence-corrected chi connectivity index (χ0v) is 25.6. The van der Waals surface area contributed by atoms with Crippen LogP contribution in [-0.4, -0.2) is 109 Å². The van der Waals surface area contributed by atoms with Gasteiger partial charge in [-0.3, -0.25) is 19.2 Å². The number of amides is 3. The number of nitrogens with one attached hydrogen (secondary N) is 1. The number of carbonyl (C=O) groups excluding carboxylic acids is 4. The molecule has 3 saturated heterocycles. The Kier molecular flexibility index (Phi) is 9.43. The Morgan fingerprint density at radius 1 is 0.976 bits per heavy atom. The third-order valence-electron chi connectivity index (χ3n) is 8.45. The summed E-state index contributed by atoms with van der Waals surface area (Å²) in [6.45, 7) is 14.3. The normalized spacial score (nSPS) is 23.1. The highest BCUT2D eigenvalue weighted by molar-refractivity contribution is 6.01. The Labute approximate surface area is 244 Å². The largest absolute Gasteiger partial charge is 0.369 e. The van der Waals surface area contributed by atoms with E-state index in [1.165, 1.54) is 0 Å². The smallest absolute Gasteiger partial charge is 0.251 e.